The molecule has 6 nitrogen and oxygen atoms in total. The first-order chi connectivity index (χ1) is 9.47. The zero-order valence-electron chi connectivity index (χ0n) is 11.1. The molecule has 0 aliphatic carbocycles. The van der Waals surface area contributed by atoms with Crippen LogP contribution in [0.1, 0.15) is 21.7 Å². The van der Waals surface area contributed by atoms with Gasteiger partial charge in [-0.05, 0) is 43.7 Å². The molecule has 0 bridgehead atoms. The highest BCUT2D eigenvalue weighted by molar-refractivity contribution is 5.93. The zero-order valence-corrected chi connectivity index (χ0v) is 11.1. The summed E-state index contributed by atoms with van der Waals surface area (Å²) in [5, 5.41) is 14.6. The van der Waals surface area contributed by atoms with E-state index in [1.807, 2.05) is 13.0 Å². The Morgan fingerprint density at radius 1 is 1.30 bits per heavy atom. The van der Waals surface area contributed by atoms with Crippen LogP contribution in [-0.2, 0) is 0 Å². The van der Waals surface area contributed by atoms with E-state index in [0.29, 0.717) is 5.56 Å². The van der Waals surface area contributed by atoms with Gasteiger partial charge in [-0.15, -0.1) is 0 Å². The number of aryl methyl sites for hydroxylation is 2. The number of nitro benzene ring substituents is 1. The average molecular weight is 271 g/mol. The van der Waals surface area contributed by atoms with Crippen LogP contribution in [0.15, 0.2) is 36.4 Å². The summed E-state index contributed by atoms with van der Waals surface area (Å²) >= 11 is 0. The second kappa shape index (κ2) is 5.48. The van der Waals surface area contributed by atoms with Gasteiger partial charge in [0.15, 0.2) is 0 Å². The molecule has 0 saturated carbocycles. The minimum atomic E-state index is -0.464. The van der Waals surface area contributed by atoms with Crippen LogP contribution in [0.2, 0.25) is 0 Å². The molecule has 1 heterocycles. The predicted molar refractivity (Wildman–Crippen MR) is 74.5 cm³/mol. The topological polar surface area (TPSA) is 78.0 Å². The number of aromatic nitrogens is 2. The second-order valence-electron chi connectivity index (χ2n) is 4.36. The van der Waals surface area contributed by atoms with Gasteiger partial charge in [0.25, 0.3) is 11.6 Å². The average Bonchev–Trinajstić information content (AvgIpc) is 2.75. The summed E-state index contributed by atoms with van der Waals surface area (Å²) in [7, 11) is 0. The molecule has 20 heavy (non-hydrogen) atoms. The Bertz CT molecular complexity index is 684. The Kier molecular flexibility index (Phi) is 3.74. The molecule has 0 atom stereocenters. The smallest absolute Gasteiger partial charge is 0.267 e. The number of nitrogens with zero attached hydrogens (tertiary/aromatic N) is 3. The second-order valence-corrected chi connectivity index (χ2v) is 4.36. The van der Waals surface area contributed by atoms with Crippen LogP contribution in [0.5, 0.6) is 0 Å². The van der Waals surface area contributed by atoms with Crippen molar-refractivity contribution < 1.29 is 9.72 Å². The first-order valence-corrected chi connectivity index (χ1v) is 5.97. The number of carbonyl (C=O) groups is 1. The van der Waals surface area contributed by atoms with Crippen LogP contribution in [0.3, 0.4) is 0 Å². The number of allylic oxidation sites excluding steroid dienone is 1. The van der Waals surface area contributed by atoms with E-state index in [4.69, 9.17) is 0 Å². The van der Waals surface area contributed by atoms with E-state index in [1.165, 1.54) is 22.9 Å². The number of hydrogen-bond acceptors (Lipinski definition) is 4. The van der Waals surface area contributed by atoms with Crippen molar-refractivity contribution in [2.45, 2.75) is 13.8 Å². The molecule has 0 radical (unpaired) electrons. The van der Waals surface area contributed by atoms with Gasteiger partial charge in [0.05, 0.1) is 10.6 Å². The van der Waals surface area contributed by atoms with Gasteiger partial charge in [-0.2, -0.15) is 5.10 Å². The van der Waals surface area contributed by atoms with Crippen LogP contribution in [0.4, 0.5) is 5.69 Å². The molecule has 102 valence electrons. The van der Waals surface area contributed by atoms with E-state index < -0.39 is 4.92 Å². The summed E-state index contributed by atoms with van der Waals surface area (Å²) in [5.74, 6) is -0.256. The molecule has 6 heteroatoms. The SMILES string of the molecule is Cc1cc(C)n(C(=O)C=Cc2ccc([N+](=O)[O-])cc2)n1. The maximum atomic E-state index is 11.9. The molecule has 0 N–H and O–H groups in total. The van der Waals surface area contributed by atoms with Crippen molar-refractivity contribution in [1.29, 1.82) is 0 Å². The van der Waals surface area contributed by atoms with E-state index in [0.717, 1.165) is 11.4 Å². The standard InChI is InChI=1S/C14H13N3O3/c1-10-9-11(2)16(15-10)14(18)8-5-12-3-6-13(7-4-12)17(19)20/h3-9H,1-2H3. The van der Waals surface area contributed by atoms with Gasteiger partial charge in [0.2, 0.25) is 0 Å². The van der Waals surface area contributed by atoms with E-state index in [1.54, 1.807) is 25.1 Å². The zero-order chi connectivity index (χ0) is 14.7. The predicted octanol–water partition coefficient (Wildman–Crippen LogP) is 2.76. The Labute approximate surface area is 115 Å². The highest BCUT2D eigenvalue weighted by atomic mass is 16.6. The number of hydrogen-bond donors (Lipinski definition) is 0. The third-order valence-electron chi connectivity index (χ3n) is 2.74. The lowest BCUT2D eigenvalue weighted by Crippen LogP contribution is -2.10. The first kappa shape index (κ1) is 13.7. The van der Waals surface area contributed by atoms with Gasteiger partial charge in [-0.3, -0.25) is 14.9 Å². The van der Waals surface area contributed by atoms with Crippen molar-refractivity contribution in [3.8, 4) is 0 Å². The Morgan fingerprint density at radius 3 is 2.45 bits per heavy atom. The monoisotopic (exact) mass is 271 g/mol. The van der Waals surface area contributed by atoms with Gasteiger partial charge >= 0.3 is 0 Å². The number of carbonyl (C=O) groups excluding carboxylic acids is 1. The van der Waals surface area contributed by atoms with Gasteiger partial charge in [0.1, 0.15) is 0 Å². The fourth-order valence-electron chi connectivity index (χ4n) is 1.80. The van der Waals surface area contributed by atoms with Crippen molar-refractivity contribution in [3.05, 3.63) is 63.5 Å². The minimum absolute atomic E-state index is 0.0204. The fraction of sp³-hybridized carbons (Fsp3) is 0.143. The third kappa shape index (κ3) is 2.97. The molecule has 0 aliphatic heterocycles. The summed E-state index contributed by atoms with van der Waals surface area (Å²) in [4.78, 5) is 22.0. The van der Waals surface area contributed by atoms with Gasteiger partial charge < -0.3 is 0 Å². The van der Waals surface area contributed by atoms with Crippen molar-refractivity contribution in [2.24, 2.45) is 0 Å². The lowest BCUT2D eigenvalue weighted by molar-refractivity contribution is -0.384. The van der Waals surface area contributed by atoms with E-state index in [-0.39, 0.29) is 11.6 Å². The lowest BCUT2D eigenvalue weighted by atomic mass is 10.2. The quantitative estimate of drug-likeness (QED) is 0.488. The maximum absolute atomic E-state index is 11.9. The van der Waals surface area contributed by atoms with Crippen LogP contribution in [-0.4, -0.2) is 20.6 Å². The maximum Gasteiger partial charge on any atom is 0.271 e. The van der Waals surface area contributed by atoms with Gasteiger partial charge in [0, 0.05) is 23.9 Å². The molecule has 0 amide bonds. The highest BCUT2D eigenvalue weighted by Gasteiger charge is 2.07. The normalized spacial score (nSPS) is 10.9. The highest BCUT2D eigenvalue weighted by Crippen LogP contribution is 2.13. The van der Waals surface area contributed by atoms with Crippen molar-refractivity contribution in [3.63, 3.8) is 0 Å². The van der Waals surface area contributed by atoms with Crippen molar-refractivity contribution in [2.75, 3.05) is 0 Å². The fourth-order valence-corrected chi connectivity index (χ4v) is 1.80. The van der Waals surface area contributed by atoms with E-state index in [2.05, 4.69) is 5.10 Å². The minimum Gasteiger partial charge on any atom is -0.267 e. The molecule has 0 spiro atoms. The number of non-ortho nitro benzene ring substituents is 1. The van der Waals surface area contributed by atoms with Crippen molar-refractivity contribution >= 4 is 17.7 Å². The Balaban J connectivity index is 2.15. The molecule has 1 aromatic carbocycles. The van der Waals surface area contributed by atoms with Crippen LogP contribution in [0, 0.1) is 24.0 Å². The summed E-state index contributed by atoms with van der Waals surface area (Å²) in [6.45, 7) is 3.62. The molecule has 0 fully saturated rings. The molecule has 0 unspecified atom stereocenters. The van der Waals surface area contributed by atoms with Crippen molar-refractivity contribution in [1.82, 2.24) is 9.78 Å². The number of benzene rings is 1. The van der Waals surface area contributed by atoms with Crippen LogP contribution in [0.25, 0.3) is 6.08 Å². The lowest BCUT2D eigenvalue weighted by Gasteiger charge is -1.98. The third-order valence-corrected chi connectivity index (χ3v) is 2.74. The summed E-state index contributed by atoms with van der Waals surface area (Å²) in [6.07, 6.45) is 2.99. The summed E-state index contributed by atoms with van der Waals surface area (Å²) in [6, 6.07) is 7.78. The van der Waals surface area contributed by atoms with E-state index in [9.17, 15) is 14.9 Å². The summed E-state index contributed by atoms with van der Waals surface area (Å²) in [5.41, 5.74) is 2.28. The molecule has 1 aromatic heterocycles. The Morgan fingerprint density at radius 2 is 1.95 bits per heavy atom. The molecular formula is C14H13N3O3. The van der Waals surface area contributed by atoms with Crippen LogP contribution < -0.4 is 0 Å². The van der Waals surface area contributed by atoms with Gasteiger partial charge in [-0.1, -0.05) is 0 Å². The summed E-state index contributed by atoms with van der Waals surface area (Å²) < 4.78 is 1.32. The number of rotatable bonds is 3. The van der Waals surface area contributed by atoms with E-state index >= 15 is 0 Å². The molecule has 0 saturated heterocycles. The number of nitro groups is 1. The molecule has 0 aliphatic rings. The molecule has 2 aromatic rings. The largest absolute Gasteiger partial charge is 0.271 e. The molecular weight excluding hydrogens is 258 g/mol. The Hall–Kier alpha value is -2.76. The first-order valence-electron chi connectivity index (χ1n) is 5.97. The van der Waals surface area contributed by atoms with Gasteiger partial charge in [-0.25, -0.2) is 4.68 Å². The van der Waals surface area contributed by atoms with Crippen LogP contribution >= 0.6 is 0 Å². The molecule has 2 rings (SSSR count).